The minimum atomic E-state index is 0.0778. The fourth-order valence-electron chi connectivity index (χ4n) is 4.82. The minimum absolute atomic E-state index is 0.0778. The summed E-state index contributed by atoms with van der Waals surface area (Å²) in [4.78, 5) is 0. The molecule has 5 rings (SSSR count). The van der Waals surface area contributed by atoms with Gasteiger partial charge in [0.05, 0.1) is 13.2 Å². The summed E-state index contributed by atoms with van der Waals surface area (Å²) in [6.45, 7) is 1.85. The van der Waals surface area contributed by atoms with E-state index in [9.17, 15) is 0 Å². The van der Waals surface area contributed by atoms with Gasteiger partial charge in [-0.15, -0.1) is 0 Å². The highest BCUT2D eigenvalue weighted by Gasteiger charge is 2.76. The van der Waals surface area contributed by atoms with Gasteiger partial charge in [-0.3, -0.25) is 0 Å². The van der Waals surface area contributed by atoms with E-state index in [2.05, 4.69) is 0 Å². The molecule has 14 heavy (non-hydrogen) atoms. The number of fused-ring (bicyclic) bond motifs is 1. The van der Waals surface area contributed by atoms with Gasteiger partial charge in [0.15, 0.2) is 12.6 Å². The molecule has 5 aliphatic rings. The molecule has 3 heteroatoms. The van der Waals surface area contributed by atoms with Crippen LogP contribution in [0.3, 0.4) is 0 Å². The van der Waals surface area contributed by atoms with Crippen molar-refractivity contribution >= 4 is 0 Å². The lowest BCUT2D eigenvalue weighted by molar-refractivity contribution is -0.278. The van der Waals surface area contributed by atoms with Crippen LogP contribution in [0, 0.1) is 29.1 Å². The Bertz CT molecular complexity index is 286. The van der Waals surface area contributed by atoms with Crippen molar-refractivity contribution < 1.29 is 14.2 Å². The van der Waals surface area contributed by atoms with Gasteiger partial charge < -0.3 is 14.2 Å². The van der Waals surface area contributed by atoms with Crippen molar-refractivity contribution in [3.63, 3.8) is 0 Å². The Kier molecular flexibility index (Phi) is 0.981. The summed E-state index contributed by atoms with van der Waals surface area (Å²) < 4.78 is 17.4. The van der Waals surface area contributed by atoms with E-state index in [1.165, 1.54) is 12.8 Å². The molecule has 0 amide bonds. The van der Waals surface area contributed by atoms with Gasteiger partial charge >= 0.3 is 0 Å². The van der Waals surface area contributed by atoms with Crippen LogP contribution in [-0.4, -0.2) is 25.8 Å². The average Bonchev–Trinajstić information content (AvgIpc) is 2.61. The Labute approximate surface area is 82.7 Å². The number of rotatable bonds is 0. The molecule has 2 saturated carbocycles. The van der Waals surface area contributed by atoms with Crippen LogP contribution in [0.2, 0.25) is 0 Å². The zero-order valence-electron chi connectivity index (χ0n) is 8.02. The van der Waals surface area contributed by atoms with Crippen molar-refractivity contribution in [2.45, 2.75) is 25.4 Å². The van der Waals surface area contributed by atoms with Crippen LogP contribution < -0.4 is 0 Å². The summed E-state index contributed by atoms with van der Waals surface area (Å²) in [6.07, 6.45) is 2.96. The molecule has 6 unspecified atom stereocenters. The number of ether oxygens (including phenoxy) is 3. The Morgan fingerprint density at radius 2 is 1.43 bits per heavy atom. The first kappa shape index (κ1) is 7.20. The van der Waals surface area contributed by atoms with Crippen LogP contribution in [0.5, 0.6) is 0 Å². The van der Waals surface area contributed by atoms with Gasteiger partial charge in [0.1, 0.15) is 0 Å². The molecular weight excluding hydrogens is 180 g/mol. The zero-order chi connectivity index (χ0) is 8.91. The van der Waals surface area contributed by atoms with E-state index >= 15 is 0 Å². The fraction of sp³-hybridized carbons (Fsp3) is 1.00. The maximum Gasteiger partial charge on any atom is 0.164 e. The number of hydrogen-bond donors (Lipinski definition) is 0. The second-order valence-electron chi connectivity index (χ2n) is 5.65. The molecule has 1 spiro atoms. The third kappa shape index (κ3) is 0.543. The fourth-order valence-corrected chi connectivity index (χ4v) is 4.82. The van der Waals surface area contributed by atoms with Crippen LogP contribution in [-0.2, 0) is 14.2 Å². The van der Waals surface area contributed by atoms with E-state index in [1.54, 1.807) is 0 Å². The first-order valence-electron chi connectivity index (χ1n) is 5.79. The Morgan fingerprint density at radius 3 is 1.93 bits per heavy atom. The van der Waals surface area contributed by atoms with E-state index in [0.717, 1.165) is 36.9 Å². The molecule has 2 bridgehead atoms. The molecule has 0 aromatic heterocycles. The molecule has 2 aliphatic carbocycles. The monoisotopic (exact) mass is 194 g/mol. The highest BCUT2D eigenvalue weighted by Crippen LogP contribution is 2.75. The van der Waals surface area contributed by atoms with Crippen molar-refractivity contribution in [1.29, 1.82) is 0 Å². The van der Waals surface area contributed by atoms with Crippen LogP contribution in [0.15, 0.2) is 0 Å². The highest BCUT2D eigenvalue weighted by molar-refractivity contribution is 5.19. The second-order valence-corrected chi connectivity index (χ2v) is 5.65. The SMILES string of the molecule is C1OC2OC3OCC4C1C2C1(CC1)C34. The van der Waals surface area contributed by atoms with Crippen LogP contribution in [0.4, 0.5) is 0 Å². The van der Waals surface area contributed by atoms with Gasteiger partial charge in [-0.25, -0.2) is 0 Å². The third-order valence-corrected chi connectivity index (χ3v) is 5.39. The maximum atomic E-state index is 5.89. The Hall–Kier alpha value is -0.120. The minimum Gasteiger partial charge on any atom is -0.352 e. The molecular formula is C11H14O3. The van der Waals surface area contributed by atoms with E-state index in [-0.39, 0.29) is 12.6 Å². The van der Waals surface area contributed by atoms with E-state index < -0.39 is 0 Å². The summed E-state index contributed by atoms with van der Waals surface area (Å²) in [7, 11) is 0. The molecule has 0 radical (unpaired) electrons. The lowest BCUT2D eigenvalue weighted by atomic mass is 9.82. The lowest BCUT2D eigenvalue weighted by Gasteiger charge is -2.37. The Morgan fingerprint density at radius 1 is 0.857 bits per heavy atom. The highest BCUT2D eigenvalue weighted by atomic mass is 16.8. The molecule has 0 N–H and O–H groups in total. The predicted octanol–water partition coefficient (Wildman–Crippen LogP) is 0.988. The van der Waals surface area contributed by atoms with Crippen LogP contribution in [0.1, 0.15) is 12.8 Å². The molecule has 0 aromatic carbocycles. The van der Waals surface area contributed by atoms with Crippen molar-refractivity contribution in [3.05, 3.63) is 0 Å². The van der Waals surface area contributed by atoms with Crippen molar-refractivity contribution in [3.8, 4) is 0 Å². The second kappa shape index (κ2) is 1.91. The average molecular weight is 194 g/mol. The van der Waals surface area contributed by atoms with E-state index in [0.29, 0.717) is 5.41 Å². The molecule has 6 atom stereocenters. The lowest BCUT2D eigenvalue weighted by Crippen LogP contribution is -2.43. The van der Waals surface area contributed by atoms with Crippen molar-refractivity contribution in [1.82, 2.24) is 0 Å². The smallest absolute Gasteiger partial charge is 0.164 e. The van der Waals surface area contributed by atoms with Crippen LogP contribution in [0.25, 0.3) is 0 Å². The summed E-state index contributed by atoms with van der Waals surface area (Å²) in [6, 6.07) is 0. The summed E-state index contributed by atoms with van der Waals surface area (Å²) in [5.41, 5.74) is 0.593. The standard InChI is InChI=1S/C11H14O3/c1-2-11(1)7-5-3-12-9(7)14-10-8(11)6(5)4-13-10/h5-10H,1-4H2. The molecule has 3 saturated heterocycles. The largest absolute Gasteiger partial charge is 0.352 e. The molecule has 5 fully saturated rings. The predicted molar refractivity (Wildman–Crippen MR) is 46.2 cm³/mol. The van der Waals surface area contributed by atoms with Crippen molar-refractivity contribution in [2.24, 2.45) is 29.1 Å². The number of hydrogen-bond acceptors (Lipinski definition) is 3. The molecule has 76 valence electrons. The quantitative estimate of drug-likeness (QED) is 0.575. The summed E-state index contributed by atoms with van der Waals surface area (Å²) in [5.74, 6) is 2.94. The third-order valence-electron chi connectivity index (χ3n) is 5.39. The van der Waals surface area contributed by atoms with E-state index in [4.69, 9.17) is 14.2 Å². The van der Waals surface area contributed by atoms with E-state index in [1.807, 2.05) is 0 Å². The van der Waals surface area contributed by atoms with Gasteiger partial charge in [-0.05, 0) is 30.1 Å². The van der Waals surface area contributed by atoms with Crippen LogP contribution >= 0.6 is 0 Å². The maximum absolute atomic E-state index is 5.89. The molecule has 3 aliphatic heterocycles. The molecule has 3 nitrogen and oxygen atoms in total. The first-order valence-corrected chi connectivity index (χ1v) is 5.79. The van der Waals surface area contributed by atoms with Crippen molar-refractivity contribution in [2.75, 3.05) is 13.2 Å². The molecule has 3 heterocycles. The van der Waals surface area contributed by atoms with Gasteiger partial charge in [0.25, 0.3) is 0 Å². The summed E-state index contributed by atoms with van der Waals surface area (Å²) in [5, 5.41) is 0. The normalized spacial score (nSPS) is 65.1. The van der Waals surface area contributed by atoms with Gasteiger partial charge in [0, 0.05) is 11.8 Å². The zero-order valence-corrected chi connectivity index (χ0v) is 8.02. The topological polar surface area (TPSA) is 27.7 Å². The Balaban J connectivity index is 1.75. The summed E-state index contributed by atoms with van der Waals surface area (Å²) >= 11 is 0. The van der Waals surface area contributed by atoms with Gasteiger partial charge in [0.2, 0.25) is 0 Å². The van der Waals surface area contributed by atoms with Gasteiger partial charge in [-0.1, -0.05) is 0 Å². The first-order chi connectivity index (χ1) is 6.90. The molecule has 0 aromatic rings. The van der Waals surface area contributed by atoms with Gasteiger partial charge in [-0.2, -0.15) is 0 Å².